The molecule has 0 aliphatic rings. The van der Waals surface area contributed by atoms with Crippen LogP contribution in [0.4, 0.5) is 0 Å². The molecule has 14 heavy (non-hydrogen) atoms. The van der Waals surface area contributed by atoms with Crippen LogP contribution in [0.25, 0.3) is 22.3 Å². The van der Waals surface area contributed by atoms with Crippen molar-refractivity contribution in [3.8, 4) is 0 Å². The fourth-order valence-corrected chi connectivity index (χ4v) is 1.27. The molecule has 0 radical (unpaired) electrons. The van der Waals surface area contributed by atoms with E-state index in [-0.39, 0.29) is 0 Å². The summed E-state index contributed by atoms with van der Waals surface area (Å²) in [5, 5.41) is 0. The molecule has 0 unspecified atom stereocenters. The average Bonchev–Trinajstić information content (AvgIpc) is 2.26. The van der Waals surface area contributed by atoms with Crippen LogP contribution in [-0.4, -0.2) is 24.9 Å². The lowest BCUT2D eigenvalue weighted by Gasteiger charge is -1.96. The van der Waals surface area contributed by atoms with Gasteiger partial charge in [0.2, 0.25) is 0 Å². The molecular weight excluding hydrogens is 178 g/mol. The summed E-state index contributed by atoms with van der Waals surface area (Å²) in [6.45, 7) is 0. The Bertz CT molecular complexity index is 502. The lowest BCUT2D eigenvalue weighted by molar-refractivity contribution is 1.16. The van der Waals surface area contributed by atoms with Crippen LogP contribution in [0.1, 0.15) is 0 Å². The highest BCUT2D eigenvalue weighted by Gasteiger charge is 2.01. The fourth-order valence-electron chi connectivity index (χ4n) is 1.27. The summed E-state index contributed by atoms with van der Waals surface area (Å²) in [7, 11) is 0. The molecule has 5 heteroatoms. The van der Waals surface area contributed by atoms with Crippen molar-refractivity contribution in [3.05, 3.63) is 30.9 Å². The molecule has 0 spiro atoms. The zero-order valence-corrected chi connectivity index (χ0v) is 7.12. The first-order valence-electron chi connectivity index (χ1n) is 4.12. The molecule has 0 bridgehead atoms. The summed E-state index contributed by atoms with van der Waals surface area (Å²) in [6, 6.07) is 3.69. The smallest absolute Gasteiger partial charge is 0.183 e. The number of hydrogen-bond acceptors (Lipinski definition) is 5. The van der Waals surface area contributed by atoms with Crippen LogP contribution in [0.3, 0.4) is 0 Å². The highest BCUT2D eigenvalue weighted by Crippen LogP contribution is 2.09. The molecule has 0 aromatic carbocycles. The third-order valence-electron chi connectivity index (χ3n) is 1.89. The van der Waals surface area contributed by atoms with Crippen molar-refractivity contribution < 1.29 is 0 Å². The normalized spacial score (nSPS) is 10.9. The van der Waals surface area contributed by atoms with E-state index >= 15 is 0 Å². The predicted octanol–water partition coefficient (Wildman–Crippen LogP) is 0.968. The van der Waals surface area contributed by atoms with Crippen LogP contribution >= 0.6 is 0 Å². The molecule has 5 nitrogen and oxygen atoms in total. The Kier molecular flexibility index (Phi) is 1.38. The van der Waals surface area contributed by atoms with Gasteiger partial charge in [-0.2, -0.15) is 0 Å². The van der Waals surface area contributed by atoms with Crippen LogP contribution in [0.5, 0.6) is 0 Å². The molecular formula is C9H5N5. The molecule has 0 atom stereocenters. The summed E-state index contributed by atoms with van der Waals surface area (Å²) < 4.78 is 0. The maximum Gasteiger partial charge on any atom is 0.183 e. The Labute approximate surface area is 78.9 Å². The van der Waals surface area contributed by atoms with E-state index in [0.717, 1.165) is 5.52 Å². The largest absolute Gasteiger partial charge is 0.242 e. The molecule has 3 rings (SSSR count). The van der Waals surface area contributed by atoms with Gasteiger partial charge < -0.3 is 0 Å². The van der Waals surface area contributed by atoms with Gasteiger partial charge in [0.05, 0.1) is 6.20 Å². The van der Waals surface area contributed by atoms with Crippen LogP contribution in [-0.2, 0) is 0 Å². The maximum absolute atomic E-state index is 4.33. The Morgan fingerprint density at radius 3 is 2.86 bits per heavy atom. The zero-order valence-electron chi connectivity index (χ0n) is 7.12. The van der Waals surface area contributed by atoms with Gasteiger partial charge in [-0.3, -0.25) is 0 Å². The van der Waals surface area contributed by atoms with Gasteiger partial charge >= 0.3 is 0 Å². The van der Waals surface area contributed by atoms with E-state index in [1.807, 2.05) is 12.1 Å². The van der Waals surface area contributed by atoms with Gasteiger partial charge in [0.25, 0.3) is 0 Å². The first-order valence-corrected chi connectivity index (χ1v) is 4.12. The Morgan fingerprint density at radius 2 is 1.86 bits per heavy atom. The molecule has 0 amide bonds. The zero-order chi connectivity index (χ0) is 9.38. The third-order valence-corrected chi connectivity index (χ3v) is 1.89. The molecule has 66 valence electrons. The van der Waals surface area contributed by atoms with Crippen LogP contribution < -0.4 is 0 Å². The molecule has 0 saturated carbocycles. The van der Waals surface area contributed by atoms with Crippen molar-refractivity contribution in [1.82, 2.24) is 24.9 Å². The van der Waals surface area contributed by atoms with Crippen molar-refractivity contribution in [3.63, 3.8) is 0 Å². The first-order chi connectivity index (χ1) is 6.93. The molecule has 0 fully saturated rings. The average molecular weight is 183 g/mol. The second-order valence-electron chi connectivity index (χ2n) is 2.80. The monoisotopic (exact) mass is 183 g/mol. The number of hydrogen-bond donors (Lipinski definition) is 0. The number of nitrogens with zero attached hydrogens (tertiary/aromatic N) is 5. The minimum atomic E-state index is 0.575. The highest BCUT2D eigenvalue weighted by molar-refractivity contribution is 5.80. The minimum Gasteiger partial charge on any atom is -0.242 e. The van der Waals surface area contributed by atoms with Crippen molar-refractivity contribution in [2.75, 3.05) is 0 Å². The SMILES string of the molecule is c1cnc2nc3ncncc3nc2c1. The topological polar surface area (TPSA) is 64.5 Å². The van der Waals surface area contributed by atoms with E-state index in [4.69, 9.17) is 0 Å². The molecule has 0 saturated heterocycles. The van der Waals surface area contributed by atoms with Gasteiger partial charge in [0.15, 0.2) is 11.3 Å². The van der Waals surface area contributed by atoms with Gasteiger partial charge in [0, 0.05) is 6.20 Å². The Morgan fingerprint density at radius 1 is 0.929 bits per heavy atom. The summed E-state index contributed by atoms with van der Waals surface area (Å²) in [5.41, 5.74) is 2.63. The Balaban J connectivity index is 2.52. The number of aromatic nitrogens is 5. The molecule has 3 heterocycles. The van der Waals surface area contributed by atoms with Crippen molar-refractivity contribution in [2.24, 2.45) is 0 Å². The van der Waals surface area contributed by atoms with Gasteiger partial charge in [-0.25, -0.2) is 24.9 Å². The van der Waals surface area contributed by atoms with E-state index < -0.39 is 0 Å². The number of fused-ring (bicyclic) bond motifs is 2. The predicted molar refractivity (Wildman–Crippen MR) is 50.4 cm³/mol. The van der Waals surface area contributed by atoms with E-state index in [9.17, 15) is 0 Å². The summed E-state index contributed by atoms with van der Waals surface area (Å²) >= 11 is 0. The van der Waals surface area contributed by atoms with Gasteiger partial charge in [0.1, 0.15) is 17.4 Å². The molecule has 0 aliphatic heterocycles. The van der Waals surface area contributed by atoms with Crippen LogP contribution in [0.2, 0.25) is 0 Å². The quantitative estimate of drug-likeness (QED) is 0.486. The minimum absolute atomic E-state index is 0.575. The summed E-state index contributed by atoms with van der Waals surface area (Å²) in [5.74, 6) is 0. The highest BCUT2D eigenvalue weighted by atomic mass is 15.0. The van der Waals surface area contributed by atoms with Crippen molar-refractivity contribution in [2.45, 2.75) is 0 Å². The number of pyridine rings is 1. The van der Waals surface area contributed by atoms with E-state index in [2.05, 4.69) is 24.9 Å². The second-order valence-corrected chi connectivity index (χ2v) is 2.80. The van der Waals surface area contributed by atoms with E-state index in [1.165, 1.54) is 6.33 Å². The maximum atomic E-state index is 4.33. The Hall–Kier alpha value is -2.17. The van der Waals surface area contributed by atoms with Crippen molar-refractivity contribution >= 4 is 22.3 Å². The van der Waals surface area contributed by atoms with E-state index in [1.54, 1.807) is 12.4 Å². The second kappa shape index (κ2) is 2.66. The van der Waals surface area contributed by atoms with Crippen LogP contribution in [0.15, 0.2) is 30.9 Å². The fraction of sp³-hybridized carbons (Fsp3) is 0. The van der Waals surface area contributed by atoms with E-state index in [0.29, 0.717) is 16.8 Å². The van der Waals surface area contributed by atoms with Gasteiger partial charge in [-0.05, 0) is 12.1 Å². The molecule has 3 aromatic rings. The molecule has 3 aromatic heterocycles. The van der Waals surface area contributed by atoms with Gasteiger partial charge in [-0.15, -0.1) is 0 Å². The lowest BCUT2D eigenvalue weighted by Crippen LogP contribution is -1.92. The molecule has 0 N–H and O–H groups in total. The first kappa shape index (κ1) is 7.25. The standard InChI is InChI=1S/C9H5N5/c1-2-6-8(11-3-1)14-9-7(13-6)4-10-5-12-9/h1-5H. The van der Waals surface area contributed by atoms with Crippen LogP contribution in [0, 0.1) is 0 Å². The summed E-state index contributed by atoms with van der Waals surface area (Å²) in [6.07, 6.45) is 4.78. The van der Waals surface area contributed by atoms with Gasteiger partial charge in [-0.1, -0.05) is 0 Å². The number of rotatable bonds is 0. The van der Waals surface area contributed by atoms with Crippen molar-refractivity contribution in [1.29, 1.82) is 0 Å². The lowest BCUT2D eigenvalue weighted by atomic mass is 10.4. The molecule has 0 aliphatic carbocycles. The summed E-state index contributed by atoms with van der Waals surface area (Å²) in [4.78, 5) is 20.6. The third kappa shape index (κ3) is 0.990.